The zero-order valence-electron chi connectivity index (χ0n) is 44.6. The molecule has 4 aromatic carbocycles. The maximum atomic E-state index is 13.6. The predicted molar refractivity (Wildman–Crippen MR) is 281 cm³/mol. The van der Waals surface area contributed by atoms with Crippen LogP contribution >= 0.6 is 0 Å². The number of aliphatic hydroxyl groups excluding tert-OH is 13. The SMILES string of the molecule is O=c1c(O[C@@H]2O[C@H](CO[C@@H]3O[C@H](CO)[C@@H](O)[C@H](O)[C@@H]3O)[C@H](O)[C@H](O)[C@H]2O)c(-c2cc(O)c(O)c(O)c2)oc2cc(O)cc(O)c12.O=c1c(O[C@@H]2O[C@H](CO[C@@H]3O[C@H](CO)[C@@H](O)[C@H]3O)[C@H](O)[C@H](O)[C@H]2O)c(-c2cc(O)c(O)c(O)c2)oc2cc(O)cc(O)c12. The molecule has 4 fully saturated rings. The Morgan fingerprint density at radius 2 is 0.648 bits per heavy atom. The molecule has 10 rings (SSSR count). The van der Waals surface area contributed by atoms with Crippen LogP contribution in [0, 0.1) is 0 Å². The van der Waals surface area contributed by atoms with E-state index in [1.54, 1.807) is 0 Å². The summed E-state index contributed by atoms with van der Waals surface area (Å²) < 4.78 is 54.9. The van der Waals surface area contributed by atoms with Gasteiger partial charge in [-0.05, 0) is 24.3 Å². The number of aliphatic hydroxyl groups is 13. The van der Waals surface area contributed by atoms with E-state index in [0.29, 0.717) is 0 Å². The zero-order valence-corrected chi connectivity index (χ0v) is 44.6. The molecule has 23 N–H and O–H groups in total. The van der Waals surface area contributed by atoms with E-state index < -0.39 is 251 Å². The Hall–Kier alpha value is -7.86. The van der Waals surface area contributed by atoms with Crippen molar-refractivity contribution in [2.24, 2.45) is 0 Å². The third-order valence-corrected chi connectivity index (χ3v) is 14.5. The van der Waals surface area contributed by atoms with Crippen molar-refractivity contribution < 1.29 is 164 Å². The smallest absolute Gasteiger partial charge is 0.239 e. The van der Waals surface area contributed by atoms with Crippen molar-refractivity contribution in [3.05, 3.63) is 69.0 Å². The van der Waals surface area contributed by atoms with Gasteiger partial charge in [-0.15, -0.1) is 0 Å². The minimum Gasteiger partial charge on any atom is -0.508 e. The number of hydrogen-bond acceptors (Lipinski definition) is 35. The molecule has 0 aliphatic carbocycles. The number of aromatic hydroxyl groups is 10. The van der Waals surface area contributed by atoms with E-state index in [2.05, 4.69) is 0 Å². The lowest BCUT2D eigenvalue weighted by atomic mass is 9.98. The monoisotopic (exact) mass is 1250 g/mol. The van der Waals surface area contributed by atoms with E-state index in [1.807, 2.05) is 0 Å². The van der Waals surface area contributed by atoms with Gasteiger partial charge in [-0.3, -0.25) is 9.59 Å². The molecule has 4 aliphatic heterocycles. The molecule has 6 heterocycles. The first-order valence-electron chi connectivity index (χ1n) is 26.0. The Bertz CT molecular complexity index is 3580. The molecule has 0 saturated carbocycles. The van der Waals surface area contributed by atoms with Gasteiger partial charge in [0.25, 0.3) is 0 Å². The van der Waals surface area contributed by atoms with Gasteiger partial charge >= 0.3 is 0 Å². The molecular formula is C53H58O35. The van der Waals surface area contributed by atoms with Gasteiger partial charge in [0.15, 0.2) is 58.6 Å². The second kappa shape index (κ2) is 25.7. The van der Waals surface area contributed by atoms with E-state index in [0.717, 1.165) is 48.5 Å². The summed E-state index contributed by atoms with van der Waals surface area (Å²) in [5, 5.41) is 231. The van der Waals surface area contributed by atoms with Gasteiger partial charge in [0.2, 0.25) is 34.9 Å². The van der Waals surface area contributed by atoms with Crippen LogP contribution in [0.15, 0.2) is 67.0 Å². The minimum absolute atomic E-state index is 0.264. The highest BCUT2D eigenvalue weighted by molar-refractivity contribution is 5.90. The second-order valence-corrected chi connectivity index (χ2v) is 20.4. The van der Waals surface area contributed by atoms with Gasteiger partial charge in [-0.2, -0.15) is 0 Å². The molecule has 4 aliphatic rings. The zero-order chi connectivity index (χ0) is 64.2. The van der Waals surface area contributed by atoms with Crippen molar-refractivity contribution in [3.8, 4) is 91.6 Å². The Kier molecular flexibility index (Phi) is 18.9. The summed E-state index contributed by atoms with van der Waals surface area (Å²) in [6.07, 6.45) is -32.7. The minimum atomic E-state index is -2.05. The summed E-state index contributed by atoms with van der Waals surface area (Å²) in [7, 11) is 0. The molecule has 0 amide bonds. The van der Waals surface area contributed by atoms with Crippen LogP contribution in [0.5, 0.6) is 69.0 Å². The highest BCUT2D eigenvalue weighted by Crippen LogP contribution is 2.45. The van der Waals surface area contributed by atoms with Gasteiger partial charge in [0.05, 0.1) is 26.4 Å². The van der Waals surface area contributed by atoms with Gasteiger partial charge in [0, 0.05) is 35.4 Å². The number of benzene rings is 4. The van der Waals surface area contributed by atoms with Gasteiger partial charge in [-0.25, -0.2) is 0 Å². The summed E-state index contributed by atoms with van der Waals surface area (Å²) >= 11 is 0. The van der Waals surface area contributed by atoms with Gasteiger partial charge in [-0.1, -0.05) is 0 Å². The molecule has 0 bridgehead atoms. The quantitative estimate of drug-likeness (QED) is 0.0453. The molecule has 88 heavy (non-hydrogen) atoms. The maximum absolute atomic E-state index is 13.6. The number of ether oxygens (including phenoxy) is 8. The van der Waals surface area contributed by atoms with Gasteiger partial charge < -0.3 is 164 Å². The van der Waals surface area contributed by atoms with E-state index in [-0.39, 0.29) is 16.7 Å². The molecule has 2 aromatic heterocycles. The molecule has 480 valence electrons. The molecule has 0 radical (unpaired) electrons. The van der Waals surface area contributed by atoms with Crippen molar-refractivity contribution in [2.75, 3.05) is 26.4 Å². The first-order chi connectivity index (χ1) is 41.5. The van der Waals surface area contributed by atoms with Crippen LogP contribution in [0.1, 0.15) is 0 Å². The molecular weight excluding hydrogens is 1200 g/mol. The van der Waals surface area contributed by atoms with Crippen LogP contribution in [-0.4, -0.2) is 261 Å². The number of hydrogen-bond donors (Lipinski definition) is 23. The van der Waals surface area contributed by atoms with E-state index in [1.165, 1.54) is 0 Å². The number of phenols is 10. The van der Waals surface area contributed by atoms with Crippen LogP contribution in [0.4, 0.5) is 0 Å². The number of phenolic OH excluding ortho intramolecular Hbond substituents is 10. The molecule has 0 unspecified atom stereocenters. The summed E-state index contributed by atoms with van der Waals surface area (Å²) in [6, 6.07) is 7.07. The van der Waals surface area contributed by atoms with Crippen molar-refractivity contribution in [1.82, 2.24) is 0 Å². The fraction of sp³-hybridized carbons (Fsp3) is 0.434. The highest BCUT2D eigenvalue weighted by Gasteiger charge is 2.50. The van der Waals surface area contributed by atoms with Crippen LogP contribution < -0.4 is 20.3 Å². The molecule has 35 nitrogen and oxygen atoms in total. The number of fused-ring (bicyclic) bond motifs is 2. The second-order valence-electron chi connectivity index (χ2n) is 20.4. The van der Waals surface area contributed by atoms with Crippen LogP contribution in [0.25, 0.3) is 44.6 Å². The average molecular weight is 1260 g/mol. The van der Waals surface area contributed by atoms with Crippen molar-refractivity contribution >= 4 is 21.9 Å². The third-order valence-electron chi connectivity index (χ3n) is 14.5. The largest absolute Gasteiger partial charge is 0.508 e. The molecule has 19 atom stereocenters. The highest BCUT2D eigenvalue weighted by atomic mass is 16.7. The Labute approximate surface area is 488 Å². The first kappa shape index (κ1) is 64.6. The standard InChI is InChI=1S/C27H30O18.C26H28O17/c28-5-13-17(34)20(37)22(39)26(43-13)41-6-14-18(35)21(38)23(40)27(44-14)45-25-19(36)15-9(30)3-8(29)4-12(15)42-24(25)7-1-10(31)16(33)11(32)2-7;27-5-13-17(33)21(37)25(41-13)39-6-14-18(34)20(36)22(38)26(42-14)43-24-19(35)15-9(29)3-8(28)4-12(15)40-23(24)7-1-10(30)16(32)11(31)2-7/h1-4,13-14,17-18,20-23,26-35,37-40H,5-6H2;1-4,13-14,17-18,20-22,25-34,36-38H,5-6H2/t13-,14-,17-,18+,20+,21+,22+,23-,26-,27+;13-,14-,17-,18+,20+,21-,22-,25-,26+/m11/s1. The third kappa shape index (κ3) is 12.3. The average Bonchev–Trinajstić information content (AvgIpc) is 0.958. The lowest BCUT2D eigenvalue weighted by Crippen LogP contribution is -2.62. The Morgan fingerprint density at radius 1 is 0.352 bits per heavy atom. The van der Waals surface area contributed by atoms with Crippen molar-refractivity contribution in [2.45, 2.75) is 117 Å². The molecule has 6 aromatic rings. The summed E-state index contributed by atoms with van der Waals surface area (Å²) in [4.78, 5) is 27.2. The molecule has 0 spiro atoms. The molecule has 4 saturated heterocycles. The normalized spacial score (nSPS) is 31.5. The molecule has 35 heteroatoms. The predicted octanol–water partition coefficient (Wildman–Crippen LogP) is -5.38. The summed E-state index contributed by atoms with van der Waals surface area (Å²) in [5.74, 6) is -10.4. The van der Waals surface area contributed by atoms with Crippen LogP contribution in [-0.2, 0) is 28.4 Å². The fourth-order valence-electron chi connectivity index (χ4n) is 9.72. The number of rotatable bonds is 14. The Morgan fingerprint density at radius 3 is 0.989 bits per heavy atom. The van der Waals surface area contributed by atoms with Gasteiger partial charge in [0.1, 0.15) is 136 Å². The maximum Gasteiger partial charge on any atom is 0.239 e. The van der Waals surface area contributed by atoms with E-state index in [4.69, 9.17) is 46.7 Å². The fourth-order valence-corrected chi connectivity index (χ4v) is 9.72. The lowest BCUT2D eigenvalue weighted by molar-refractivity contribution is -0.323. The Balaban J connectivity index is 0.000000210. The van der Waals surface area contributed by atoms with Crippen LogP contribution in [0.3, 0.4) is 0 Å². The summed E-state index contributed by atoms with van der Waals surface area (Å²) in [5.41, 5.74) is -3.54. The topological polar surface area (TPSA) is 600 Å². The van der Waals surface area contributed by atoms with Crippen molar-refractivity contribution in [1.29, 1.82) is 0 Å². The van der Waals surface area contributed by atoms with E-state index >= 15 is 0 Å². The summed E-state index contributed by atoms with van der Waals surface area (Å²) in [6.45, 7) is -2.73. The lowest BCUT2D eigenvalue weighted by Gasteiger charge is -2.42. The first-order valence-corrected chi connectivity index (χ1v) is 26.0. The van der Waals surface area contributed by atoms with Crippen LogP contribution in [0.2, 0.25) is 0 Å². The van der Waals surface area contributed by atoms with E-state index in [9.17, 15) is 127 Å². The van der Waals surface area contributed by atoms with Crippen molar-refractivity contribution in [3.63, 3.8) is 0 Å².